The molecule has 5 rings (SSSR count). The number of fused-ring (bicyclic) bond motifs is 2. The number of ether oxygens (including phenoxy) is 1. The van der Waals surface area contributed by atoms with Crippen molar-refractivity contribution in [1.29, 1.82) is 0 Å². The first-order valence-corrected chi connectivity index (χ1v) is 10.4. The van der Waals surface area contributed by atoms with E-state index in [0.29, 0.717) is 21.6 Å². The molecule has 162 valence electrons. The first-order chi connectivity index (χ1) is 15.9. The summed E-state index contributed by atoms with van der Waals surface area (Å²) in [5.74, 6) is -1.55. The molecule has 2 heterocycles. The third-order valence-corrected chi connectivity index (χ3v) is 5.55. The lowest BCUT2D eigenvalue weighted by molar-refractivity contribution is 0.0727. The summed E-state index contributed by atoms with van der Waals surface area (Å²) >= 11 is 12.4. The summed E-state index contributed by atoms with van der Waals surface area (Å²) in [6.45, 7) is 0. The number of rotatable bonds is 3. The van der Waals surface area contributed by atoms with E-state index in [9.17, 15) is 14.4 Å². The van der Waals surface area contributed by atoms with E-state index in [1.807, 2.05) is 0 Å². The van der Waals surface area contributed by atoms with Crippen molar-refractivity contribution in [3.8, 4) is 17.1 Å². The van der Waals surface area contributed by atoms with E-state index in [4.69, 9.17) is 36.8 Å². The molecule has 0 radical (unpaired) electrons. The molecule has 5 aromatic rings. The Bertz CT molecular complexity index is 1680. The monoisotopic (exact) mass is 478 g/mol. The van der Waals surface area contributed by atoms with Crippen LogP contribution in [0.4, 0.5) is 0 Å². The van der Waals surface area contributed by atoms with Gasteiger partial charge in [-0.3, -0.25) is 4.79 Å². The van der Waals surface area contributed by atoms with Gasteiger partial charge in [-0.05, 0) is 42.5 Å². The predicted molar refractivity (Wildman–Crippen MR) is 125 cm³/mol. The summed E-state index contributed by atoms with van der Waals surface area (Å²) in [5.41, 5.74) is -1.04. The van der Waals surface area contributed by atoms with Gasteiger partial charge in [0.1, 0.15) is 16.7 Å². The van der Waals surface area contributed by atoms with E-state index in [-0.39, 0.29) is 27.3 Å². The third kappa shape index (κ3) is 3.80. The highest BCUT2D eigenvalue weighted by molar-refractivity contribution is 6.33. The molecule has 0 amide bonds. The minimum atomic E-state index is -1.07. The van der Waals surface area contributed by atoms with Crippen LogP contribution in [-0.4, -0.2) is 5.97 Å². The van der Waals surface area contributed by atoms with Gasteiger partial charge in [0.25, 0.3) is 0 Å². The average Bonchev–Trinajstić information content (AvgIpc) is 2.81. The van der Waals surface area contributed by atoms with Gasteiger partial charge in [-0.25, -0.2) is 9.59 Å². The third-order valence-electron chi connectivity index (χ3n) is 4.99. The van der Waals surface area contributed by atoms with Gasteiger partial charge in [-0.2, -0.15) is 0 Å². The summed E-state index contributed by atoms with van der Waals surface area (Å²) in [4.78, 5) is 38.7. The highest BCUT2D eigenvalue weighted by atomic mass is 35.5. The smallest absolute Gasteiger partial charge is 0.351 e. The Morgan fingerprint density at radius 2 is 1.58 bits per heavy atom. The van der Waals surface area contributed by atoms with Crippen LogP contribution < -0.4 is 15.8 Å². The second-order valence-corrected chi connectivity index (χ2v) is 7.93. The van der Waals surface area contributed by atoms with Crippen molar-refractivity contribution in [3.05, 3.63) is 109 Å². The Morgan fingerprint density at radius 3 is 2.39 bits per heavy atom. The Balaban J connectivity index is 1.71. The van der Waals surface area contributed by atoms with Gasteiger partial charge in [0, 0.05) is 16.0 Å². The second-order valence-electron chi connectivity index (χ2n) is 7.08. The Morgan fingerprint density at radius 1 is 0.818 bits per heavy atom. The molecule has 0 saturated carbocycles. The molecular formula is C25H12Cl2O6. The van der Waals surface area contributed by atoms with Gasteiger partial charge in [0.05, 0.1) is 10.4 Å². The molecular weight excluding hydrogens is 467 g/mol. The minimum Gasteiger partial charge on any atom is -0.452 e. The topological polar surface area (TPSA) is 86.7 Å². The summed E-state index contributed by atoms with van der Waals surface area (Å²) in [5, 5.41) is 1.20. The van der Waals surface area contributed by atoms with Crippen molar-refractivity contribution in [3.63, 3.8) is 0 Å². The van der Waals surface area contributed by atoms with E-state index in [1.165, 1.54) is 18.2 Å². The standard InChI is InChI=1S/C25H12Cl2O6/c26-14-9-10-20-16(12-14)21(28)23(22(31-20)15-6-2-3-7-18(15)27)33-25(30)17-11-13-5-1-4-8-19(13)32-24(17)29/h1-12H. The van der Waals surface area contributed by atoms with E-state index in [1.54, 1.807) is 54.6 Å². The molecule has 0 unspecified atom stereocenters. The fourth-order valence-corrected chi connectivity index (χ4v) is 3.81. The maximum atomic E-state index is 13.3. The van der Waals surface area contributed by atoms with Crippen molar-refractivity contribution < 1.29 is 18.4 Å². The molecule has 33 heavy (non-hydrogen) atoms. The largest absolute Gasteiger partial charge is 0.452 e. The fraction of sp³-hybridized carbons (Fsp3) is 0. The highest BCUT2D eigenvalue weighted by Gasteiger charge is 2.24. The van der Waals surface area contributed by atoms with Gasteiger partial charge in [-0.1, -0.05) is 53.5 Å². The van der Waals surface area contributed by atoms with Crippen molar-refractivity contribution in [2.75, 3.05) is 0 Å². The minimum absolute atomic E-state index is 0.0565. The maximum Gasteiger partial charge on any atom is 0.351 e. The van der Waals surface area contributed by atoms with Crippen molar-refractivity contribution in [2.24, 2.45) is 0 Å². The molecule has 0 atom stereocenters. The number of carbonyl (C=O) groups excluding carboxylic acids is 1. The van der Waals surface area contributed by atoms with E-state index < -0.39 is 22.8 Å². The molecule has 8 heteroatoms. The summed E-state index contributed by atoms with van der Waals surface area (Å²) < 4.78 is 16.6. The van der Waals surface area contributed by atoms with Gasteiger partial charge >= 0.3 is 11.6 Å². The first kappa shape index (κ1) is 21.0. The van der Waals surface area contributed by atoms with Gasteiger partial charge in [-0.15, -0.1) is 0 Å². The van der Waals surface area contributed by atoms with Crippen molar-refractivity contribution >= 4 is 51.1 Å². The Hall–Kier alpha value is -3.87. The number of carbonyl (C=O) groups is 1. The molecule has 0 N–H and O–H groups in total. The molecule has 2 aromatic heterocycles. The molecule has 0 spiro atoms. The Kier molecular flexibility index (Phi) is 5.24. The van der Waals surface area contributed by atoms with E-state index in [0.717, 1.165) is 0 Å². The second kappa shape index (κ2) is 8.24. The van der Waals surface area contributed by atoms with Crippen LogP contribution in [0, 0.1) is 0 Å². The Labute approximate surface area is 195 Å². The number of hydrogen-bond acceptors (Lipinski definition) is 6. The van der Waals surface area contributed by atoms with Crippen molar-refractivity contribution in [1.82, 2.24) is 0 Å². The summed E-state index contributed by atoms with van der Waals surface area (Å²) in [6, 6.07) is 19.2. The van der Waals surface area contributed by atoms with Crippen LogP contribution >= 0.6 is 23.2 Å². The van der Waals surface area contributed by atoms with Crippen LogP contribution in [0.2, 0.25) is 10.0 Å². The molecule has 6 nitrogen and oxygen atoms in total. The number of hydrogen-bond donors (Lipinski definition) is 0. The maximum absolute atomic E-state index is 13.3. The molecule has 3 aromatic carbocycles. The predicted octanol–water partition coefficient (Wildman–Crippen LogP) is 6.09. The number of halogens is 2. The number of para-hydroxylation sites is 1. The lowest BCUT2D eigenvalue weighted by Gasteiger charge is -2.11. The normalized spacial score (nSPS) is 11.1. The molecule has 0 aliphatic carbocycles. The van der Waals surface area contributed by atoms with Gasteiger partial charge in [0.15, 0.2) is 5.76 Å². The average molecular weight is 479 g/mol. The quantitative estimate of drug-likeness (QED) is 0.230. The molecule has 0 bridgehead atoms. The van der Waals surface area contributed by atoms with E-state index in [2.05, 4.69) is 0 Å². The molecule has 0 saturated heterocycles. The van der Waals surface area contributed by atoms with Crippen LogP contribution in [0.1, 0.15) is 10.4 Å². The first-order valence-electron chi connectivity index (χ1n) is 9.69. The zero-order valence-electron chi connectivity index (χ0n) is 16.6. The fourth-order valence-electron chi connectivity index (χ4n) is 3.42. The lowest BCUT2D eigenvalue weighted by Crippen LogP contribution is -2.22. The molecule has 0 aliphatic heterocycles. The van der Waals surface area contributed by atoms with Crippen LogP contribution in [-0.2, 0) is 0 Å². The van der Waals surface area contributed by atoms with E-state index >= 15 is 0 Å². The SMILES string of the molecule is O=C(Oc1c(-c2ccccc2Cl)oc2ccc(Cl)cc2c1=O)c1cc2ccccc2oc1=O. The van der Waals surface area contributed by atoms with Crippen LogP contribution in [0.3, 0.4) is 0 Å². The highest BCUT2D eigenvalue weighted by Crippen LogP contribution is 2.36. The number of benzene rings is 3. The molecule has 0 aliphatic rings. The van der Waals surface area contributed by atoms with Crippen LogP contribution in [0.5, 0.6) is 5.75 Å². The van der Waals surface area contributed by atoms with Gasteiger partial charge in [0.2, 0.25) is 11.2 Å². The van der Waals surface area contributed by atoms with Gasteiger partial charge < -0.3 is 13.6 Å². The van der Waals surface area contributed by atoms with Crippen LogP contribution in [0.25, 0.3) is 33.3 Å². The van der Waals surface area contributed by atoms with Crippen LogP contribution in [0.15, 0.2) is 91.2 Å². The zero-order chi connectivity index (χ0) is 23.1. The summed E-state index contributed by atoms with van der Waals surface area (Å²) in [6.07, 6.45) is 0. The number of esters is 1. The zero-order valence-corrected chi connectivity index (χ0v) is 18.1. The van der Waals surface area contributed by atoms with Crippen molar-refractivity contribution in [2.45, 2.75) is 0 Å². The summed E-state index contributed by atoms with van der Waals surface area (Å²) in [7, 11) is 0. The lowest BCUT2D eigenvalue weighted by atomic mass is 10.1. The molecule has 0 fully saturated rings.